The van der Waals surface area contributed by atoms with E-state index < -0.39 is 10.8 Å². The van der Waals surface area contributed by atoms with Crippen LogP contribution < -0.4 is 10.6 Å². The molecule has 0 bridgehead atoms. The summed E-state index contributed by atoms with van der Waals surface area (Å²) in [5.74, 6) is -0.0888. The highest BCUT2D eigenvalue weighted by Crippen LogP contribution is 2.19. The number of nitrogens with one attached hydrogen (secondary N) is 2. The lowest BCUT2D eigenvalue weighted by Crippen LogP contribution is -2.16. The summed E-state index contributed by atoms with van der Waals surface area (Å²) >= 11 is 0. The van der Waals surface area contributed by atoms with Crippen LogP contribution in [0.25, 0.3) is 0 Å². The number of anilines is 2. The Bertz CT molecular complexity index is 646. The third kappa shape index (κ3) is 2.83. The van der Waals surface area contributed by atoms with Gasteiger partial charge in [-0.25, -0.2) is 4.98 Å². The zero-order valence-corrected chi connectivity index (χ0v) is 10.4. The van der Waals surface area contributed by atoms with Crippen LogP contribution >= 0.6 is 0 Å². The molecule has 0 aromatic carbocycles. The highest BCUT2D eigenvalue weighted by atomic mass is 16.6. The Hall–Kier alpha value is -3.10. The number of nitro groups is 1. The van der Waals surface area contributed by atoms with Gasteiger partial charge in [-0.3, -0.25) is 14.9 Å². The SMILES string of the molecule is CNc1ncc([N+](=O)[O-])cc1C(=O)Nc1cccnn1. The molecule has 2 heterocycles. The Morgan fingerprint density at radius 2 is 2.25 bits per heavy atom. The van der Waals surface area contributed by atoms with E-state index in [4.69, 9.17) is 0 Å². The van der Waals surface area contributed by atoms with Gasteiger partial charge in [0.2, 0.25) is 0 Å². The molecule has 0 aliphatic carbocycles. The molecule has 2 rings (SSSR count). The van der Waals surface area contributed by atoms with E-state index in [2.05, 4.69) is 25.8 Å². The quantitative estimate of drug-likeness (QED) is 0.631. The maximum absolute atomic E-state index is 12.1. The molecule has 0 radical (unpaired) electrons. The predicted molar refractivity (Wildman–Crippen MR) is 70.4 cm³/mol. The van der Waals surface area contributed by atoms with E-state index in [-0.39, 0.29) is 22.9 Å². The van der Waals surface area contributed by atoms with Gasteiger partial charge in [0.05, 0.1) is 10.5 Å². The summed E-state index contributed by atoms with van der Waals surface area (Å²) in [7, 11) is 1.56. The van der Waals surface area contributed by atoms with Gasteiger partial charge in [-0.1, -0.05) is 0 Å². The predicted octanol–water partition coefficient (Wildman–Crippen LogP) is 1.07. The van der Waals surface area contributed by atoms with Crippen molar-refractivity contribution in [3.8, 4) is 0 Å². The van der Waals surface area contributed by atoms with Crippen molar-refractivity contribution in [1.29, 1.82) is 0 Å². The normalized spacial score (nSPS) is 9.85. The maximum Gasteiger partial charge on any atom is 0.288 e. The molecule has 102 valence electrons. The van der Waals surface area contributed by atoms with Crippen molar-refractivity contribution < 1.29 is 9.72 Å². The maximum atomic E-state index is 12.1. The van der Waals surface area contributed by atoms with Crippen molar-refractivity contribution in [2.45, 2.75) is 0 Å². The minimum absolute atomic E-state index is 0.0485. The first-order valence-electron chi connectivity index (χ1n) is 5.53. The Balaban J connectivity index is 2.32. The van der Waals surface area contributed by atoms with Crippen molar-refractivity contribution in [3.05, 3.63) is 46.3 Å². The second kappa shape index (κ2) is 5.69. The van der Waals surface area contributed by atoms with Crippen molar-refractivity contribution in [3.63, 3.8) is 0 Å². The van der Waals surface area contributed by atoms with Gasteiger partial charge in [-0.05, 0) is 12.1 Å². The van der Waals surface area contributed by atoms with E-state index in [1.54, 1.807) is 19.2 Å². The molecule has 20 heavy (non-hydrogen) atoms. The van der Waals surface area contributed by atoms with Gasteiger partial charge in [0, 0.05) is 19.3 Å². The van der Waals surface area contributed by atoms with Gasteiger partial charge in [0.25, 0.3) is 11.6 Å². The number of rotatable bonds is 4. The van der Waals surface area contributed by atoms with Crippen LogP contribution in [0.2, 0.25) is 0 Å². The van der Waals surface area contributed by atoms with Crippen molar-refractivity contribution in [2.24, 2.45) is 0 Å². The van der Waals surface area contributed by atoms with Crippen molar-refractivity contribution >= 4 is 23.2 Å². The van der Waals surface area contributed by atoms with Gasteiger partial charge >= 0.3 is 0 Å². The summed E-state index contributed by atoms with van der Waals surface area (Å²) in [6.07, 6.45) is 2.54. The lowest BCUT2D eigenvalue weighted by molar-refractivity contribution is -0.385. The molecule has 1 amide bonds. The minimum atomic E-state index is -0.620. The van der Waals surface area contributed by atoms with Crippen LogP contribution in [0.3, 0.4) is 0 Å². The van der Waals surface area contributed by atoms with Gasteiger partial charge in [0.15, 0.2) is 5.82 Å². The highest BCUT2D eigenvalue weighted by molar-refractivity contribution is 6.07. The standard InChI is InChI=1S/C11H10N6O3/c1-12-10-8(5-7(6-13-10)17(19)20)11(18)15-9-3-2-4-14-16-9/h2-6H,1H3,(H,12,13)(H,15,16,18). The average Bonchev–Trinajstić information content (AvgIpc) is 2.47. The number of carbonyl (C=O) groups is 1. The van der Waals surface area contributed by atoms with E-state index >= 15 is 0 Å². The molecule has 0 spiro atoms. The fourth-order valence-electron chi connectivity index (χ4n) is 1.48. The molecule has 0 saturated carbocycles. The molecule has 9 nitrogen and oxygen atoms in total. The number of hydrogen-bond acceptors (Lipinski definition) is 7. The summed E-state index contributed by atoms with van der Waals surface area (Å²) in [6.45, 7) is 0. The van der Waals surface area contributed by atoms with E-state index in [1.807, 2.05) is 0 Å². The first-order valence-corrected chi connectivity index (χ1v) is 5.53. The Morgan fingerprint density at radius 1 is 1.45 bits per heavy atom. The largest absolute Gasteiger partial charge is 0.372 e. The van der Waals surface area contributed by atoms with E-state index in [0.717, 1.165) is 12.3 Å². The third-order valence-electron chi connectivity index (χ3n) is 2.38. The molecule has 0 aliphatic rings. The third-order valence-corrected chi connectivity index (χ3v) is 2.38. The lowest BCUT2D eigenvalue weighted by Gasteiger charge is -2.07. The zero-order chi connectivity index (χ0) is 14.5. The van der Waals surface area contributed by atoms with Gasteiger partial charge in [-0.2, -0.15) is 5.10 Å². The van der Waals surface area contributed by atoms with Crippen LogP contribution in [-0.4, -0.2) is 33.1 Å². The number of aromatic nitrogens is 3. The molecule has 9 heteroatoms. The molecule has 2 aromatic heterocycles. The van der Waals surface area contributed by atoms with E-state index in [9.17, 15) is 14.9 Å². The lowest BCUT2D eigenvalue weighted by atomic mass is 10.2. The van der Waals surface area contributed by atoms with Crippen LogP contribution in [0, 0.1) is 10.1 Å². The summed E-state index contributed by atoms with van der Waals surface area (Å²) in [4.78, 5) is 26.0. The van der Waals surface area contributed by atoms with Crippen LogP contribution in [0.5, 0.6) is 0 Å². The van der Waals surface area contributed by atoms with Crippen molar-refractivity contribution in [2.75, 3.05) is 17.7 Å². The van der Waals surface area contributed by atoms with Gasteiger partial charge in [-0.15, -0.1) is 5.10 Å². The summed E-state index contributed by atoms with van der Waals surface area (Å²) in [5, 5.41) is 23.2. The molecular weight excluding hydrogens is 264 g/mol. The van der Waals surface area contributed by atoms with Gasteiger partial charge < -0.3 is 10.6 Å². The molecule has 0 saturated heterocycles. The van der Waals surface area contributed by atoms with Gasteiger partial charge in [0.1, 0.15) is 12.0 Å². The average molecular weight is 274 g/mol. The number of carbonyl (C=O) groups excluding carboxylic acids is 1. The Labute approximate surface area is 113 Å². The Morgan fingerprint density at radius 3 is 2.85 bits per heavy atom. The number of hydrogen-bond donors (Lipinski definition) is 2. The molecule has 0 aliphatic heterocycles. The fraction of sp³-hybridized carbons (Fsp3) is 0.0909. The fourth-order valence-corrected chi connectivity index (χ4v) is 1.48. The summed E-state index contributed by atoms with van der Waals surface area (Å²) in [5.41, 5.74) is -0.222. The molecule has 2 aromatic rings. The highest BCUT2D eigenvalue weighted by Gasteiger charge is 2.18. The molecular formula is C11H10N6O3. The molecule has 2 N–H and O–H groups in total. The van der Waals surface area contributed by atoms with E-state index in [0.29, 0.717) is 0 Å². The smallest absolute Gasteiger partial charge is 0.288 e. The monoisotopic (exact) mass is 274 g/mol. The number of amides is 1. The molecule has 0 atom stereocenters. The first-order chi connectivity index (χ1) is 9.61. The topological polar surface area (TPSA) is 123 Å². The van der Waals surface area contributed by atoms with E-state index in [1.165, 1.54) is 6.20 Å². The van der Waals surface area contributed by atoms with Crippen molar-refractivity contribution in [1.82, 2.24) is 15.2 Å². The zero-order valence-electron chi connectivity index (χ0n) is 10.4. The van der Waals surface area contributed by atoms with Crippen LogP contribution in [0.1, 0.15) is 10.4 Å². The van der Waals surface area contributed by atoms with Crippen LogP contribution in [0.4, 0.5) is 17.3 Å². The van der Waals surface area contributed by atoms with Crippen LogP contribution in [-0.2, 0) is 0 Å². The summed E-state index contributed by atoms with van der Waals surface area (Å²) < 4.78 is 0. The number of nitrogens with zero attached hydrogens (tertiary/aromatic N) is 4. The Kier molecular flexibility index (Phi) is 3.80. The second-order valence-electron chi connectivity index (χ2n) is 3.66. The minimum Gasteiger partial charge on any atom is -0.372 e. The summed E-state index contributed by atoms with van der Waals surface area (Å²) in [6, 6.07) is 4.30. The molecule has 0 fully saturated rings. The molecule has 0 unspecified atom stereocenters. The first kappa shape index (κ1) is 13.3. The van der Waals surface area contributed by atoms with Crippen LogP contribution in [0.15, 0.2) is 30.6 Å². The second-order valence-corrected chi connectivity index (χ2v) is 3.66. The number of pyridine rings is 1.